The Morgan fingerprint density at radius 1 is 0.875 bits per heavy atom. The third-order valence-electron chi connectivity index (χ3n) is 4.46. The van der Waals surface area contributed by atoms with Gasteiger partial charge < -0.3 is 0 Å². The van der Waals surface area contributed by atoms with Gasteiger partial charge in [0.15, 0.2) is 6.20 Å². The lowest BCUT2D eigenvalue weighted by molar-refractivity contribution is -0.659. The molecule has 0 aliphatic rings. The van der Waals surface area contributed by atoms with Crippen molar-refractivity contribution in [3.63, 3.8) is 0 Å². The predicted octanol–water partition coefficient (Wildman–Crippen LogP) is 5.35. The average molecular weight is 316 g/mol. The van der Waals surface area contributed by atoms with Crippen molar-refractivity contribution in [2.24, 2.45) is 13.0 Å². The second-order valence-electron chi connectivity index (χ2n) is 7.03. The molecule has 0 atom stereocenters. The van der Waals surface area contributed by atoms with Crippen molar-refractivity contribution in [2.75, 3.05) is 0 Å². The van der Waals surface area contributed by atoms with Gasteiger partial charge in [0.25, 0.3) is 0 Å². The quantitative estimate of drug-likeness (QED) is 0.571. The highest BCUT2D eigenvalue weighted by Gasteiger charge is 2.13. The van der Waals surface area contributed by atoms with Crippen molar-refractivity contribution in [3.8, 4) is 22.4 Å². The minimum absolute atomic E-state index is 0.680. The zero-order valence-electron chi connectivity index (χ0n) is 15.1. The van der Waals surface area contributed by atoms with Crippen LogP contribution in [0.2, 0.25) is 0 Å². The van der Waals surface area contributed by atoms with E-state index in [1.807, 2.05) is 0 Å². The molecule has 24 heavy (non-hydrogen) atoms. The molecule has 0 N–H and O–H groups in total. The smallest absolute Gasteiger partial charge is 0.200 e. The largest absolute Gasteiger partial charge is 0.212 e. The van der Waals surface area contributed by atoms with Crippen LogP contribution in [0.3, 0.4) is 0 Å². The predicted molar refractivity (Wildman–Crippen MR) is 102 cm³/mol. The SMILES string of the molecule is Cc1ccccc1-c1ccc(-c2cccc(CC(C)C)c2)c[n+]1C. The molecular weight excluding hydrogens is 290 g/mol. The Morgan fingerprint density at radius 3 is 2.38 bits per heavy atom. The molecule has 0 radical (unpaired) electrons. The maximum atomic E-state index is 2.32. The van der Waals surface area contributed by atoms with Gasteiger partial charge in [0.05, 0.1) is 0 Å². The molecule has 1 aromatic heterocycles. The Balaban J connectivity index is 1.97. The molecule has 0 saturated heterocycles. The summed E-state index contributed by atoms with van der Waals surface area (Å²) in [6.07, 6.45) is 3.36. The number of rotatable bonds is 4. The molecule has 0 aliphatic heterocycles. The lowest BCUT2D eigenvalue weighted by atomic mass is 9.98. The molecule has 1 heterocycles. The molecule has 0 saturated carbocycles. The molecule has 0 unspecified atom stereocenters. The first kappa shape index (κ1) is 16.4. The number of benzene rings is 2. The summed E-state index contributed by atoms with van der Waals surface area (Å²) in [5.74, 6) is 0.680. The van der Waals surface area contributed by atoms with Crippen LogP contribution in [-0.4, -0.2) is 0 Å². The molecule has 0 amide bonds. The Kier molecular flexibility index (Phi) is 4.80. The fraction of sp³-hybridized carbons (Fsp3) is 0.261. The molecule has 1 nitrogen and oxygen atoms in total. The van der Waals surface area contributed by atoms with E-state index in [0.717, 1.165) is 6.42 Å². The minimum Gasteiger partial charge on any atom is -0.200 e. The van der Waals surface area contributed by atoms with Crippen molar-refractivity contribution in [3.05, 3.63) is 78.0 Å². The summed E-state index contributed by atoms with van der Waals surface area (Å²) in [5, 5.41) is 0. The van der Waals surface area contributed by atoms with E-state index in [0.29, 0.717) is 5.92 Å². The second-order valence-corrected chi connectivity index (χ2v) is 7.03. The Bertz CT molecular complexity index is 846. The molecule has 2 aromatic carbocycles. The zero-order valence-corrected chi connectivity index (χ0v) is 15.1. The number of hydrogen-bond acceptors (Lipinski definition) is 0. The minimum atomic E-state index is 0.680. The second kappa shape index (κ2) is 7.00. The summed E-state index contributed by atoms with van der Waals surface area (Å²) >= 11 is 0. The highest BCUT2D eigenvalue weighted by molar-refractivity contribution is 5.66. The van der Waals surface area contributed by atoms with Crippen LogP contribution >= 0.6 is 0 Å². The molecule has 1 heteroatoms. The highest BCUT2D eigenvalue weighted by atomic mass is 14.9. The van der Waals surface area contributed by atoms with Crippen LogP contribution in [0.25, 0.3) is 22.4 Å². The molecule has 3 rings (SSSR count). The van der Waals surface area contributed by atoms with Crippen molar-refractivity contribution in [2.45, 2.75) is 27.2 Å². The molecule has 3 aromatic rings. The van der Waals surface area contributed by atoms with Gasteiger partial charge in [0.2, 0.25) is 5.69 Å². The third kappa shape index (κ3) is 3.56. The molecular formula is C23H26N+. The first-order valence-corrected chi connectivity index (χ1v) is 8.69. The van der Waals surface area contributed by atoms with E-state index in [9.17, 15) is 0 Å². The number of hydrogen-bond donors (Lipinski definition) is 0. The van der Waals surface area contributed by atoms with Crippen molar-refractivity contribution in [1.29, 1.82) is 0 Å². The monoisotopic (exact) mass is 316 g/mol. The highest BCUT2D eigenvalue weighted by Crippen LogP contribution is 2.24. The topological polar surface area (TPSA) is 3.88 Å². The van der Waals surface area contributed by atoms with Crippen LogP contribution < -0.4 is 4.57 Å². The number of aromatic nitrogens is 1. The summed E-state index contributed by atoms with van der Waals surface area (Å²) in [5.41, 5.74) is 7.81. The zero-order chi connectivity index (χ0) is 17.1. The number of pyridine rings is 1. The summed E-state index contributed by atoms with van der Waals surface area (Å²) in [6.45, 7) is 6.70. The van der Waals surface area contributed by atoms with Crippen molar-refractivity contribution >= 4 is 0 Å². The van der Waals surface area contributed by atoms with E-state index in [-0.39, 0.29) is 0 Å². The Labute approximate surface area is 145 Å². The van der Waals surface area contributed by atoms with Crippen molar-refractivity contribution in [1.82, 2.24) is 0 Å². The Morgan fingerprint density at radius 2 is 1.67 bits per heavy atom. The van der Waals surface area contributed by atoms with E-state index in [4.69, 9.17) is 0 Å². The molecule has 0 spiro atoms. The number of aryl methyl sites for hydroxylation is 2. The molecule has 0 aliphatic carbocycles. The maximum absolute atomic E-state index is 2.32. The van der Waals surface area contributed by atoms with Gasteiger partial charge >= 0.3 is 0 Å². The van der Waals surface area contributed by atoms with Crippen LogP contribution in [0.1, 0.15) is 25.0 Å². The summed E-state index contributed by atoms with van der Waals surface area (Å²) in [6, 6.07) is 21.9. The third-order valence-corrected chi connectivity index (χ3v) is 4.46. The first-order valence-electron chi connectivity index (χ1n) is 8.69. The van der Waals surface area contributed by atoms with Crippen LogP contribution in [0.15, 0.2) is 66.9 Å². The lowest BCUT2D eigenvalue weighted by Crippen LogP contribution is -2.30. The fourth-order valence-corrected chi connectivity index (χ4v) is 3.27. The fourth-order valence-electron chi connectivity index (χ4n) is 3.27. The van der Waals surface area contributed by atoms with E-state index < -0.39 is 0 Å². The maximum Gasteiger partial charge on any atom is 0.212 e. The van der Waals surface area contributed by atoms with E-state index in [2.05, 4.69) is 99.2 Å². The number of nitrogens with zero attached hydrogens (tertiary/aromatic N) is 1. The first-order chi connectivity index (χ1) is 11.5. The normalized spacial score (nSPS) is 11.0. The van der Waals surface area contributed by atoms with Gasteiger partial charge in [-0.05, 0) is 48.1 Å². The summed E-state index contributed by atoms with van der Waals surface area (Å²) in [7, 11) is 2.13. The standard InChI is InChI=1S/C23H26N/c1-17(2)14-19-9-7-10-20(15-19)21-12-13-23(24(4)16-21)22-11-6-5-8-18(22)3/h5-13,15-17H,14H2,1-4H3/q+1. The van der Waals surface area contributed by atoms with E-state index in [1.54, 1.807) is 0 Å². The van der Waals surface area contributed by atoms with Gasteiger partial charge in [-0.3, -0.25) is 0 Å². The van der Waals surface area contributed by atoms with Crippen LogP contribution in [0.4, 0.5) is 0 Å². The lowest BCUT2D eigenvalue weighted by Gasteiger charge is -2.09. The van der Waals surface area contributed by atoms with Gasteiger partial charge in [-0.25, -0.2) is 4.57 Å². The summed E-state index contributed by atoms with van der Waals surface area (Å²) in [4.78, 5) is 0. The Hall–Kier alpha value is -2.41. The van der Waals surface area contributed by atoms with E-state index >= 15 is 0 Å². The van der Waals surface area contributed by atoms with Gasteiger partial charge in [-0.2, -0.15) is 0 Å². The molecule has 0 fully saturated rings. The molecule has 122 valence electrons. The van der Waals surface area contributed by atoms with Crippen LogP contribution in [0, 0.1) is 12.8 Å². The van der Waals surface area contributed by atoms with Gasteiger partial charge in [-0.1, -0.05) is 56.3 Å². The average Bonchev–Trinajstić information content (AvgIpc) is 2.55. The van der Waals surface area contributed by atoms with Crippen LogP contribution in [0.5, 0.6) is 0 Å². The van der Waals surface area contributed by atoms with E-state index in [1.165, 1.54) is 33.5 Å². The van der Waals surface area contributed by atoms with Gasteiger partial charge in [0, 0.05) is 17.2 Å². The van der Waals surface area contributed by atoms with Crippen molar-refractivity contribution < 1.29 is 4.57 Å². The van der Waals surface area contributed by atoms with Gasteiger partial charge in [0.1, 0.15) is 7.05 Å². The van der Waals surface area contributed by atoms with Gasteiger partial charge in [-0.15, -0.1) is 0 Å². The van der Waals surface area contributed by atoms with Crippen LogP contribution in [-0.2, 0) is 13.5 Å². The molecule has 0 bridgehead atoms. The summed E-state index contributed by atoms with van der Waals surface area (Å²) < 4.78 is 2.23.